The maximum absolute atomic E-state index is 15.1. The SMILES string of the molecule is CC(C)c1ccc(CNC(=O)[C@H](CCC(N)=O)NC(=O)[C@@H]2CC[C@@H]3CCN(C(=O)[C@H]4CC[C@@H](CCc5ccc6c(c5)n(C)c(=O)n6C5CCC(=O)NC5=O)CC4)C[C@H](NC(=O)c4cc5cc(C(=O)P(=O)(O)O)ccc5[nH]4)C(=O)N32)cc1Cl. The molecule has 5 aromatic rings. The molecule has 4 fully saturated rings. The number of benzene rings is 3. The number of carbonyl (C=O) groups excluding carboxylic acids is 9. The number of aromatic amines is 1. The number of imide groups is 1. The van der Waals surface area contributed by atoms with Gasteiger partial charge in [0.05, 0.1) is 11.0 Å². The Labute approximate surface area is 476 Å². The molecule has 0 radical (unpaired) electrons. The first-order valence-corrected chi connectivity index (χ1v) is 29.8. The molecule has 9 N–H and O–H groups in total. The van der Waals surface area contributed by atoms with Crippen LogP contribution in [0.4, 0.5) is 0 Å². The van der Waals surface area contributed by atoms with Crippen LogP contribution in [0.15, 0.2) is 65.5 Å². The highest BCUT2D eigenvalue weighted by atomic mass is 35.5. The average Bonchev–Trinajstić information content (AvgIpc) is 4.27. The van der Waals surface area contributed by atoms with Crippen molar-refractivity contribution in [3.63, 3.8) is 0 Å². The van der Waals surface area contributed by atoms with Crippen molar-refractivity contribution < 1.29 is 57.5 Å². The van der Waals surface area contributed by atoms with E-state index in [1.54, 1.807) is 18.0 Å². The van der Waals surface area contributed by atoms with Gasteiger partial charge in [-0.05, 0) is 142 Å². The molecule has 0 spiro atoms. The Bertz CT molecular complexity index is 3500. The van der Waals surface area contributed by atoms with Crippen molar-refractivity contribution in [3.05, 3.63) is 104 Å². The summed E-state index contributed by atoms with van der Waals surface area (Å²) < 4.78 is 14.7. The van der Waals surface area contributed by atoms with Gasteiger partial charge in [-0.15, -0.1) is 0 Å². The molecule has 3 saturated heterocycles. The fourth-order valence-electron chi connectivity index (χ4n) is 12.1. The number of aromatic nitrogens is 3. The normalized spacial score (nSPS) is 21.9. The van der Waals surface area contributed by atoms with Gasteiger partial charge in [-0.25, -0.2) is 4.79 Å². The second-order valence-electron chi connectivity index (χ2n) is 22.5. The predicted octanol–water partition coefficient (Wildman–Crippen LogP) is 4.09. The Kier molecular flexibility index (Phi) is 17.7. The summed E-state index contributed by atoms with van der Waals surface area (Å²) in [6, 6.07) is 11.3. The lowest BCUT2D eigenvalue weighted by atomic mass is 9.79. The Morgan fingerprint density at radius 3 is 2.30 bits per heavy atom. The summed E-state index contributed by atoms with van der Waals surface area (Å²) in [5.74, 6) is -4.33. The number of halogens is 1. The monoisotopic (exact) mass is 1170 g/mol. The zero-order valence-electron chi connectivity index (χ0n) is 45.8. The highest BCUT2D eigenvalue weighted by molar-refractivity contribution is 7.70. The fraction of sp³-hybridized carbons (Fsp3) is 0.474. The van der Waals surface area contributed by atoms with Crippen LogP contribution in [0, 0.1) is 11.8 Å². The number of nitrogens with two attached hydrogens (primary N) is 1. The van der Waals surface area contributed by atoms with Gasteiger partial charge in [0.25, 0.3) is 11.4 Å². The molecule has 5 atom stereocenters. The molecule has 9 rings (SSSR count). The molecule has 1 saturated carbocycles. The summed E-state index contributed by atoms with van der Waals surface area (Å²) in [6.45, 7) is 4.02. The number of fused-ring (bicyclic) bond motifs is 3. The van der Waals surface area contributed by atoms with E-state index in [2.05, 4.69) is 26.3 Å². The summed E-state index contributed by atoms with van der Waals surface area (Å²) >= 11 is 6.51. The van der Waals surface area contributed by atoms with E-state index in [1.165, 1.54) is 38.3 Å². The number of hydrogen-bond donors (Lipinski definition) is 8. The van der Waals surface area contributed by atoms with Crippen LogP contribution in [0.5, 0.6) is 0 Å². The maximum Gasteiger partial charge on any atom is 0.396 e. The Morgan fingerprint density at radius 2 is 1.61 bits per heavy atom. The molecular formula is C57H68ClN10O13P. The lowest BCUT2D eigenvalue weighted by Gasteiger charge is -2.40. The van der Waals surface area contributed by atoms with Crippen molar-refractivity contribution in [2.45, 2.75) is 140 Å². The summed E-state index contributed by atoms with van der Waals surface area (Å²) in [5.41, 5.74) is 7.66. The minimum atomic E-state index is -5.13. The van der Waals surface area contributed by atoms with Crippen LogP contribution in [0.1, 0.15) is 140 Å². The Balaban J connectivity index is 0.893. The van der Waals surface area contributed by atoms with Crippen molar-refractivity contribution in [1.29, 1.82) is 0 Å². The number of hydrogen-bond acceptors (Lipinski definition) is 11. The highest BCUT2D eigenvalue weighted by Crippen LogP contribution is 2.40. The van der Waals surface area contributed by atoms with E-state index in [9.17, 15) is 57.5 Å². The van der Waals surface area contributed by atoms with Crippen molar-refractivity contribution in [2.75, 3.05) is 13.1 Å². The third kappa shape index (κ3) is 12.9. The number of primary amides is 1. The largest absolute Gasteiger partial charge is 0.396 e. The Morgan fingerprint density at radius 1 is 0.866 bits per heavy atom. The van der Waals surface area contributed by atoms with Crippen LogP contribution in [0.25, 0.3) is 21.9 Å². The van der Waals surface area contributed by atoms with Gasteiger partial charge in [-0.1, -0.05) is 43.6 Å². The van der Waals surface area contributed by atoms with Crippen molar-refractivity contribution in [1.82, 2.24) is 45.2 Å². The summed E-state index contributed by atoms with van der Waals surface area (Å²) in [4.78, 5) is 159. The minimum Gasteiger partial charge on any atom is -0.370 e. The molecule has 436 valence electrons. The maximum atomic E-state index is 15.1. The molecule has 8 amide bonds. The van der Waals surface area contributed by atoms with Gasteiger partial charge in [-0.3, -0.25) is 62.2 Å². The van der Waals surface area contributed by atoms with Crippen LogP contribution >= 0.6 is 19.2 Å². The summed E-state index contributed by atoms with van der Waals surface area (Å²) in [7, 11) is -3.47. The van der Waals surface area contributed by atoms with E-state index in [-0.39, 0.29) is 104 Å². The van der Waals surface area contributed by atoms with E-state index in [4.69, 9.17) is 17.3 Å². The van der Waals surface area contributed by atoms with Gasteiger partial charge >= 0.3 is 13.3 Å². The van der Waals surface area contributed by atoms with E-state index in [1.807, 2.05) is 44.2 Å². The first kappa shape index (κ1) is 59.2. The second-order valence-corrected chi connectivity index (χ2v) is 24.4. The molecule has 0 bridgehead atoms. The number of carbonyl (C=O) groups is 9. The van der Waals surface area contributed by atoms with Crippen LogP contribution in [-0.2, 0) is 58.1 Å². The molecule has 4 aliphatic rings. The second kappa shape index (κ2) is 24.6. The fourth-order valence-corrected chi connectivity index (χ4v) is 13.0. The molecule has 3 aliphatic heterocycles. The first-order valence-electron chi connectivity index (χ1n) is 27.8. The van der Waals surface area contributed by atoms with Gasteiger partial charge in [0.15, 0.2) is 0 Å². The smallest absolute Gasteiger partial charge is 0.370 e. The zero-order chi connectivity index (χ0) is 58.9. The topological polar surface area (TPSA) is 335 Å². The Hall–Kier alpha value is -7.46. The average molecular weight is 1170 g/mol. The number of imidazole rings is 1. The number of piperidine rings is 1. The van der Waals surface area contributed by atoms with Gasteiger partial charge in [0.2, 0.25) is 41.4 Å². The molecule has 1 aliphatic carbocycles. The standard InChI is InChI=1S/C57H68ClN10O13P/c1-30(2)38-14-8-33(24-39(38)58)28-60-50(71)41(16-20-48(59)69)62-52(73)45-18-13-37-22-23-66(29-43(55(76)67(37)45)63-51(72)42-27-36-26-35(12-15-40(36)61-42)56(77)82(79,80)81)54(75)34-10-6-31(7-11-34)4-5-32-9-17-44-47(25-32)65(3)57(78)68(44)46-19-21-49(70)64-53(46)74/h8-9,12,14-15,17,24-27,30-31,34,37,41,43,45-46,61H,4-7,10-11,13,16,18-23,28-29H2,1-3H3,(H2,59,69)(H,60,71)(H,62,73)(H,63,72)(H,64,70,74)(H2,79,80,81)/t31-,34+,37-,41+,43+,45+,46?/m1/s1. The molecule has 2 aromatic heterocycles. The lowest BCUT2D eigenvalue weighted by Crippen LogP contribution is -2.62. The van der Waals surface area contributed by atoms with Gasteiger partial charge in [-0.2, -0.15) is 0 Å². The van der Waals surface area contributed by atoms with Crippen molar-refractivity contribution in [3.8, 4) is 0 Å². The van der Waals surface area contributed by atoms with Gasteiger partial charge in [0.1, 0.15) is 29.9 Å². The van der Waals surface area contributed by atoms with Crippen LogP contribution in [-0.4, -0.2) is 124 Å². The van der Waals surface area contributed by atoms with Crippen LogP contribution < -0.4 is 32.7 Å². The summed E-state index contributed by atoms with van der Waals surface area (Å²) in [5, 5.41) is 11.5. The van der Waals surface area contributed by atoms with Gasteiger partial charge in [0, 0.05) is 73.0 Å². The van der Waals surface area contributed by atoms with E-state index >= 15 is 4.79 Å². The third-order valence-corrected chi connectivity index (χ3v) is 17.8. The number of nitrogens with one attached hydrogen (secondary N) is 5. The first-order chi connectivity index (χ1) is 38.9. The molecule has 25 heteroatoms. The number of rotatable bonds is 18. The molecule has 3 aromatic carbocycles. The molecule has 1 unspecified atom stereocenters. The molecule has 23 nitrogen and oxygen atoms in total. The highest BCUT2D eigenvalue weighted by Gasteiger charge is 2.47. The number of aryl methyl sites for hydroxylation is 2. The third-order valence-electron chi connectivity index (χ3n) is 16.7. The van der Waals surface area contributed by atoms with Gasteiger partial charge < -0.3 is 46.3 Å². The van der Waals surface area contributed by atoms with E-state index in [0.29, 0.717) is 59.2 Å². The lowest BCUT2D eigenvalue weighted by molar-refractivity contribution is -0.147. The van der Waals surface area contributed by atoms with Crippen molar-refractivity contribution >= 4 is 93.9 Å². The quantitative estimate of drug-likeness (QED) is 0.0453. The predicted molar refractivity (Wildman–Crippen MR) is 301 cm³/mol. The number of nitrogens with zero attached hydrogens (tertiary/aromatic N) is 4. The van der Waals surface area contributed by atoms with Crippen LogP contribution in [0.3, 0.4) is 0 Å². The summed E-state index contributed by atoms with van der Waals surface area (Å²) in [6.07, 6.45) is 5.05. The molecule has 5 heterocycles. The number of amides is 8. The minimum absolute atomic E-state index is 0.0625. The number of H-pyrrole nitrogens is 1. The van der Waals surface area contributed by atoms with E-state index in [0.717, 1.165) is 30.4 Å². The van der Waals surface area contributed by atoms with E-state index < -0.39 is 78.8 Å². The molecular weight excluding hydrogens is 1100 g/mol. The van der Waals surface area contributed by atoms with Crippen molar-refractivity contribution in [2.24, 2.45) is 24.6 Å². The zero-order valence-corrected chi connectivity index (χ0v) is 47.4. The molecule has 82 heavy (non-hydrogen) atoms. The van der Waals surface area contributed by atoms with Crippen LogP contribution in [0.2, 0.25) is 5.02 Å².